The fourth-order valence-electron chi connectivity index (χ4n) is 2.16. The van der Waals surface area contributed by atoms with E-state index in [-0.39, 0.29) is 5.91 Å². The Morgan fingerprint density at radius 3 is 2.95 bits per heavy atom. The number of guanidine groups is 1. The Morgan fingerprint density at radius 2 is 2.32 bits per heavy atom. The summed E-state index contributed by atoms with van der Waals surface area (Å²) in [5, 5.41) is 6.65. The summed E-state index contributed by atoms with van der Waals surface area (Å²) in [6.45, 7) is 6.42. The van der Waals surface area contributed by atoms with Gasteiger partial charge in [0.25, 0.3) is 0 Å². The summed E-state index contributed by atoms with van der Waals surface area (Å²) in [4.78, 5) is 17.7. The molecule has 1 fully saturated rings. The highest BCUT2D eigenvalue weighted by molar-refractivity contribution is 5.80. The van der Waals surface area contributed by atoms with Gasteiger partial charge in [-0.25, -0.2) is 0 Å². The van der Waals surface area contributed by atoms with Gasteiger partial charge < -0.3 is 15.5 Å². The molecule has 2 N–H and O–H groups in total. The van der Waals surface area contributed by atoms with Crippen molar-refractivity contribution < 1.29 is 4.79 Å². The average molecular weight is 266 g/mol. The van der Waals surface area contributed by atoms with Crippen molar-refractivity contribution in [3.05, 3.63) is 12.2 Å². The van der Waals surface area contributed by atoms with Crippen LogP contribution in [-0.2, 0) is 4.79 Å². The van der Waals surface area contributed by atoms with Crippen molar-refractivity contribution in [2.75, 3.05) is 26.7 Å². The number of allylic oxidation sites excluding steroid dienone is 1. The summed E-state index contributed by atoms with van der Waals surface area (Å²) >= 11 is 0. The zero-order valence-electron chi connectivity index (χ0n) is 12.3. The van der Waals surface area contributed by atoms with Gasteiger partial charge in [-0.05, 0) is 19.8 Å². The van der Waals surface area contributed by atoms with E-state index in [0.29, 0.717) is 12.5 Å². The Balaban J connectivity index is 2.31. The van der Waals surface area contributed by atoms with Crippen molar-refractivity contribution >= 4 is 11.9 Å². The van der Waals surface area contributed by atoms with Crippen molar-refractivity contribution in [1.82, 2.24) is 15.5 Å². The number of amides is 1. The predicted molar refractivity (Wildman–Crippen MR) is 79.2 cm³/mol. The van der Waals surface area contributed by atoms with E-state index in [1.165, 1.54) is 0 Å². The number of hydrogen-bond donors (Lipinski definition) is 2. The van der Waals surface area contributed by atoms with Crippen LogP contribution in [0.3, 0.4) is 0 Å². The van der Waals surface area contributed by atoms with Crippen LogP contribution in [0.25, 0.3) is 0 Å². The minimum Gasteiger partial charge on any atom is -0.356 e. The lowest BCUT2D eigenvalue weighted by Gasteiger charge is -2.18. The summed E-state index contributed by atoms with van der Waals surface area (Å²) in [5.74, 6) is 1.06. The van der Waals surface area contributed by atoms with Crippen LogP contribution in [0.4, 0.5) is 0 Å². The number of hydrogen-bond acceptors (Lipinski definition) is 2. The molecular weight excluding hydrogens is 240 g/mol. The maximum Gasteiger partial charge on any atom is 0.222 e. The first kappa shape index (κ1) is 15.5. The number of carbonyl (C=O) groups excluding carboxylic acids is 1. The van der Waals surface area contributed by atoms with Crippen molar-refractivity contribution in [2.45, 2.75) is 39.2 Å². The molecule has 108 valence electrons. The standard InChI is InChI=1S/C14H26N4O/c1-4-6-7-9-16-14(15-3)17-12-8-10-18(11-12)13(19)5-2/h4,6,12H,5,7-11H2,1-3H3,(H2,15,16,17)/b6-4+. The van der Waals surface area contributed by atoms with E-state index in [9.17, 15) is 4.79 Å². The van der Waals surface area contributed by atoms with Crippen molar-refractivity contribution in [2.24, 2.45) is 4.99 Å². The molecule has 1 aliphatic heterocycles. The molecule has 0 aromatic heterocycles. The molecule has 0 spiro atoms. The van der Waals surface area contributed by atoms with Gasteiger partial charge in [-0.2, -0.15) is 0 Å². The molecule has 5 heteroatoms. The number of aliphatic imine (C=N–C) groups is 1. The predicted octanol–water partition coefficient (Wildman–Crippen LogP) is 1.13. The highest BCUT2D eigenvalue weighted by atomic mass is 16.2. The molecule has 1 unspecified atom stereocenters. The van der Waals surface area contributed by atoms with Crippen LogP contribution >= 0.6 is 0 Å². The molecule has 1 heterocycles. The Morgan fingerprint density at radius 1 is 1.53 bits per heavy atom. The SMILES string of the molecule is C/C=C/CCNC(=NC)NC1CCN(C(=O)CC)C1. The number of carbonyl (C=O) groups is 1. The highest BCUT2D eigenvalue weighted by Crippen LogP contribution is 2.10. The maximum absolute atomic E-state index is 11.6. The highest BCUT2D eigenvalue weighted by Gasteiger charge is 2.25. The Hall–Kier alpha value is -1.52. The van der Waals surface area contributed by atoms with Crippen molar-refractivity contribution in [1.29, 1.82) is 0 Å². The van der Waals surface area contributed by atoms with Gasteiger partial charge in [0.2, 0.25) is 5.91 Å². The van der Waals surface area contributed by atoms with E-state index in [0.717, 1.165) is 38.4 Å². The van der Waals surface area contributed by atoms with Gasteiger partial charge in [-0.3, -0.25) is 9.79 Å². The van der Waals surface area contributed by atoms with Crippen LogP contribution in [0.1, 0.15) is 33.1 Å². The number of rotatable bonds is 5. The van der Waals surface area contributed by atoms with E-state index in [4.69, 9.17) is 0 Å². The molecule has 1 rings (SSSR count). The Bertz CT molecular complexity index is 338. The van der Waals surface area contributed by atoms with Crippen LogP contribution in [0.2, 0.25) is 0 Å². The lowest BCUT2D eigenvalue weighted by Crippen LogP contribution is -2.45. The molecule has 19 heavy (non-hydrogen) atoms. The number of nitrogens with zero attached hydrogens (tertiary/aromatic N) is 2. The van der Waals surface area contributed by atoms with Crippen LogP contribution in [0, 0.1) is 0 Å². The maximum atomic E-state index is 11.6. The zero-order valence-corrected chi connectivity index (χ0v) is 12.3. The van der Waals surface area contributed by atoms with Crippen LogP contribution < -0.4 is 10.6 Å². The van der Waals surface area contributed by atoms with Gasteiger partial charge >= 0.3 is 0 Å². The fraction of sp³-hybridized carbons (Fsp3) is 0.714. The minimum atomic E-state index is 0.236. The summed E-state index contributed by atoms with van der Waals surface area (Å²) in [7, 11) is 1.77. The van der Waals surface area contributed by atoms with Crippen LogP contribution in [-0.4, -0.2) is 49.5 Å². The smallest absolute Gasteiger partial charge is 0.222 e. The number of nitrogens with one attached hydrogen (secondary N) is 2. The number of likely N-dealkylation sites (tertiary alicyclic amines) is 1. The van der Waals surface area contributed by atoms with Gasteiger partial charge in [0.1, 0.15) is 0 Å². The van der Waals surface area contributed by atoms with Gasteiger partial charge in [0.15, 0.2) is 5.96 Å². The first-order chi connectivity index (χ1) is 9.21. The normalized spacial score (nSPS) is 20.1. The molecule has 0 bridgehead atoms. The monoisotopic (exact) mass is 266 g/mol. The fourth-order valence-corrected chi connectivity index (χ4v) is 2.16. The second-order valence-corrected chi connectivity index (χ2v) is 4.68. The van der Waals surface area contributed by atoms with Crippen molar-refractivity contribution in [3.8, 4) is 0 Å². The first-order valence-electron chi connectivity index (χ1n) is 7.07. The lowest BCUT2D eigenvalue weighted by molar-refractivity contribution is -0.129. The second-order valence-electron chi connectivity index (χ2n) is 4.68. The molecule has 5 nitrogen and oxygen atoms in total. The van der Waals surface area contributed by atoms with E-state index >= 15 is 0 Å². The summed E-state index contributed by atoms with van der Waals surface area (Å²) in [6, 6.07) is 0.309. The molecular formula is C14H26N4O. The molecule has 1 atom stereocenters. The van der Waals surface area contributed by atoms with Crippen molar-refractivity contribution in [3.63, 3.8) is 0 Å². The largest absolute Gasteiger partial charge is 0.356 e. The van der Waals surface area contributed by atoms with Gasteiger partial charge in [-0.1, -0.05) is 19.1 Å². The summed E-state index contributed by atoms with van der Waals surface area (Å²) < 4.78 is 0. The van der Waals surface area contributed by atoms with E-state index in [1.54, 1.807) is 7.05 Å². The Kier molecular flexibility index (Phi) is 7.00. The van der Waals surface area contributed by atoms with E-state index in [1.807, 2.05) is 24.8 Å². The zero-order chi connectivity index (χ0) is 14.1. The van der Waals surface area contributed by atoms with Gasteiger partial charge in [0.05, 0.1) is 0 Å². The second kappa shape index (κ2) is 8.56. The van der Waals surface area contributed by atoms with Gasteiger partial charge in [0, 0.05) is 39.1 Å². The van der Waals surface area contributed by atoms with Gasteiger partial charge in [-0.15, -0.1) is 0 Å². The molecule has 1 saturated heterocycles. The summed E-state index contributed by atoms with van der Waals surface area (Å²) in [6.07, 6.45) is 6.73. The molecule has 1 aliphatic rings. The first-order valence-corrected chi connectivity index (χ1v) is 7.07. The average Bonchev–Trinajstić information content (AvgIpc) is 2.89. The molecule has 0 saturated carbocycles. The molecule has 0 radical (unpaired) electrons. The Labute approximate surface area is 116 Å². The molecule has 0 aliphatic carbocycles. The van der Waals surface area contributed by atoms with Crippen LogP contribution in [0.5, 0.6) is 0 Å². The lowest BCUT2D eigenvalue weighted by atomic mass is 10.3. The molecule has 1 amide bonds. The molecule has 0 aromatic carbocycles. The van der Waals surface area contributed by atoms with E-state index < -0.39 is 0 Å². The third-order valence-electron chi connectivity index (χ3n) is 3.25. The topological polar surface area (TPSA) is 56.7 Å². The quantitative estimate of drug-likeness (QED) is 0.339. The third kappa shape index (κ3) is 5.32. The van der Waals surface area contributed by atoms with E-state index in [2.05, 4.69) is 21.7 Å². The van der Waals surface area contributed by atoms with Crippen LogP contribution in [0.15, 0.2) is 17.1 Å². The summed E-state index contributed by atoms with van der Waals surface area (Å²) in [5.41, 5.74) is 0. The third-order valence-corrected chi connectivity index (χ3v) is 3.25. The molecule has 0 aromatic rings. The minimum absolute atomic E-state index is 0.236.